The summed E-state index contributed by atoms with van der Waals surface area (Å²) in [7, 11) is 1.76. The van der Waals surface area contributed by atoms with Gasteiger partial charge < -0.3 is 5.11 Å². The lowest BCUT2D eigenvalue weighted by Crippen LogP contribution is -1.90. The van der Waals surface area contributed by atoms with Crippen LogP contribution in [0.4, 0.5) is 0 Å². The minimum atomic E-state index is 0.265. The second-order valence-electron chi connectivity index (χ2n) is 3.94. The number of aromatic hydroxyl groups is 1. The molecule has 0 saturated carbocycles. The zero-order valence-corrected chi connectivity index (χ0v) is 9.86. The monoisotopic (exact) mass is 216 g/mol. The zero-order valence-electron chi connectivity index (χ0n) is 9.86. The van der Waals surface area contributed by atoms with Crippen LogP contribution in [-0.2, 0) is 13.5 Å². The number of rotatable bonds is 2. The highest BCUT2D eigenvalue weighted by Crippen LogP contribution is 2.31. The van der Waals surface area contributed by atoms with Crippen molar-refractivity contribution in [2.75, 3.05) is 0 Å². The van der Waals surface area contributed by atoms with E-state index in [9.17, 15) is 5.11 Å². The van der Waals surface area contributed by atoms with Crippen molar-refractivity contribution in [2.24, 2.45) is 7.05 Å². The van der Waals surface area contributed by atoms with E-state index in [1.807, 2.05) is 25.1 Å². The van der Waals surface area contributed by atoms with Crippen molar-refractivity contribution in [3.63, 3.8) is 0 Å². The summed E-state index contributed by atoms with van der Waals surface area (Å²) in [6.45, 7) is 4.08. The van der Waals surface area contributed by atoms with Crippen molar-refractivity contribution in [2.45, 2.75) is 20.3 Å². The van der Waals surface area contributed by atoms with E-state index in [0.29, 0.717) is 0 Å². The van der Waals surface area contributed by atoms with Gasteiger partial charge in [0.15, 0.2) is 0 Å². The van der Waals surface area contributed by atoms with E-state index in [-0.39, 0.29) is 5.88 Å². The van der Waals surface area contributed by atoms with E-state index >= 15 is 0 Å². The molecule has 1 N–H and O–H groups in total. The second-order valence-corrected chi connectivity index (χ2v) is 3.94. The number of nitrogens with zero attached hydrogens (tertiary/aromatic N) is 2. The topological polar surface area (TPSA) is 38.0 Å². The van der Waals surface area contributed by atoms with Gasteiger partial charge >= 0.3 is 0 Å². The van der Waals surface area contributed by atoms with Crippen LogP contribution < -0.4 is 0 Å². The summed E-state index contributed by atoms with van der Waals surface area (Å²) in [4.78, 5) is 0. The Labute approximate surface area is 95.3 Å². The molecule has 0 saturated heterocycles. The van der Waals surface area contributed by atoms with Crippen LogP contribution in [0.2, 0.25) is 0 Å². The summed E-state index contributed by atoms with van der Waals surface area (Å²) in [5, 5.41) is 14.2. The predicted molar refractivity (Wildman–Crippen MR) is 64.4 cm³/mol. The van der Waals surface area contributed by atoms with Gasteiger partial charge in [0, 0.05) is 18.2 Å². The van der Waals surface area contributed by atoms with E-state index in [0.717, 1.165) is 23.2 Å². The number of aromatic nitrogens is 2. The molecule has 0 unspecified atom stereocenters. The van der Waals surface area contributed by atoms with Crippen LogP contribution in [0.25, 0.3) is 11.3 Å². The molecule has 0 aliphatic heterocycles. The highest BCUT2D eigenvalue weighted by molar-refractivity contribution is 5.68. The van der Waals surface area contributed by atoms with Gasteiger partial charge in [-0.05, 0) is 18.9 Å². The minimum absolute atomic E-state index is 0.265. The Kier molecular flexibility index (Phi) is 2.69. The Morgan fingerprint density at radius 1 is 1.31 bits per heavy atom. The highest BCUT2D eigenvalue weighted by atomic mass is 16.3. The van der Waals surface area contributed by atoms with Crippen molar-refractivity contribution < 1.29 is 5.11 Å². The van der Waals surface area contributed by atoms with Crippen molar-refractivity contribution >= 4 is 0 Å². The zero-order chi connectivity index (χ0) is 11.7. The summed E-state index contributed by atoms with van der Waals surface area (Å²) >= 11 is 0. The maximum atomic E-state index is 9.87. The molecule has 0 radical (unpaired) electrons. The maximum Gasteiger partial charge on any atom is 0.212 e. The molecule has 0 amide bonds. The van der Waals surface area contributed by atoms with Gasteiger partial charge in [-0.3, -0.25) is 0 Å². The molecule has 0 atom stereocenters. The summed E-state index contributed by atoms with van der Waals surface area (Å²) in [5.74, 6) is 0.265. The first-order valence-corrected chi connectivity index (χ1v) is 5.46. The first-order valence-electron chi connectivity index (χ1n) is 5.46. The van der Waals surface area contributed by atoms with Crippen LogP contribution in [-0.4, -0.2) is 14.9 Å². The normalized spacial score (nSPS) is 10.7. The molecule has 2 aromatic rings. The molecule has 0 aliphatic rings. The molecule has 0 fully saturated rings. The fourth-order valence-corrected chi connectivity index (χ4v) is 1.94. The fourth-order valence-electron chi connectivity index (χ4n) is 1.94. The van der Waals surface area contributed by atoms with Crippen LogP contribution in [0.1, 0.15) is 18.1 Å². The Morgan fingerprint density at radius 2 is 2.00 bits per heavy atom. The Balaban J connectivity index is 2.65. The van der Waals surface area contributed by atoms with E-state index in [2.05, 4.69) is 18.1 Å². The van der Waals surface area contributed by atoms with Crippen molar-refractivity contribution in [3.8, 4) is 17.1 Å². The Hall–Kier alpha value is -1.77. The molecule has 84 valence electrons. The molecule has 1 aromatic heterocycles. The number of hydrogen-bond acceptors (Lipinski definition) is 2. The van der Waals surface area contributed by atoms with Gasteiger partial charge in [0.1, 0.15) is 0 Å². The molecule has 1 aromatic carbocycles. The molecule has 3 nitrogen and oxygen atoms in total. The molecule has 0 aliphatic carbocycles. The largest absolute Gasteiger partial charge is 0.493 e. The lowest BCUT2D eigenvalue weighted by atomic mass is 10.0. The molecular formula is C13H16N2O. The number of hydrogen-bond donors (Lipinski definition) is 1. The molecule has 1 heterocycles. The van der Waals surface area contributed by atoms with Gasteiger partial charge in [-0.25, -0.2) is 4.68 Å². The van der Waals surface area contributed by atoms with Crippen LogP contribution in [0.3, 0.4) is 0 Å². The molecule has 3 heteroatoms. The molecule has 0 bridgehead atoms. The van der Waals surface area contributed by atoms with E-state index in [1.165, 1.54) is 10.2 Å². The predicted octanol–water partition coefficient (Wildman–Crippen LogP) is 2.66. The first-order chi connectivity index (χ1) is 7.65. The smallest absolute Gasteiger partial charge is 0.212 e. The SMILES string of the molecule is CCc1c(-c2ccccc2C)nn(C)c1O. The number of benzene rings is 1. The third kappa shape index (κ3) is 1.58. The van der Waals surface area contributed by atoms with Crippen LogP contribution in [0.15, 0.2) is 24.3 Å². The molecule has 0 spiro atoms. The average Bonchev–Trinajstić information content (AvgIpc) is 2.56. The van der Waals surface area contributed by atoms with Gasteiger partial charge in [0.2, 0.25) is 5.88 Å². The van der Waals surface area contributed by atoms with Crippen LogP contribution in [0.5, 0.6) is 5.88 Å². The molecule has 2 rings (SSSR count). The van der Waals surface area contributed by atoms with Crippen molar-refractivity contribution in [1.29, 1.82) is 0 Å². The summed E-state index contributed by atoms with van der Waals surface area (Å²) in [5.41, 5.74) is 4.07. The summed E-state index contributed by atoms with van der Waals surface area (Å²) < 4.78 is 1.53. The third-order valence-corrected chi connectivity index (χ3v) is 2.87. The van der Waals surface area contributed by atoms with E-state index < -0.39 is 0 Å². The van der Waals surface area contributed by atoms with Crippen molar-refractivity contribution in [1.82, 2.24) is 9.78 Å². The fraction of sp³-hybridized carbons (Fsp3) is 0.308. The lowest BCUT2D eigenvalue weighted by Gasteiger charge is -2.03. The third-order valence-electron chi connectivity index (χ3n) is 2.87. The first kappa shape index (κ1) is 10.7. The molecule has 16 heavy (non-hydrogen) atoms. The Morgan fingerprint density at radius 3 is 2.62 bits per heavy atom. The standard InChI is InChI=1S/C13H16N2O/c1-4-10-12(14-15(3)13(10)16)11-8-6-5-7-9(11)2/h5-8,16H,4H2,1-3H3. The molecular weight excluding hydrogens is 200 g/mol. The lowest BCUT2D eigenvalue weighted by molar-refractivity contribution is 0.414. The highest BCUT2D eigenvalue weighted by Gasteiger charge is 2.16. The maximum absolute atomic E-state index is 9.87. The van der Waals surface area contributed by atoms with Gasteiger partial charge in [0.25, 0.3) is 0 Å². The van der Waals surface area contributed by atoms with Gasteiger partial charge in [-0.15, -0.1) is 0 Å². The summed E-state index contributed by atoms with van der Waals surface area (Å²) in [6, 6.07) is 8.09. The second kappa shape index (κ2) is 4.00. The van der Waals surface area contributed by atoms with Gasteiger partial charge in [-0.1, -0.05) is 31.2 Å². The van der Waals surface area contributed by atoms with Crippen LogP contribution >= 0.6 is 0 Å². The Bertz CT molecular complexity index is 515. The van der Waals surface area contributed by atoms with Gasteiger partial charge in [-0.2, -0.15) is 5.10 Å². The summed E-state index contributed by atoms with van der Waals surface area (Å²) in [6.07, 6.45) is 0.781. The quantitative estimate of drug-likeness (QED) is 0.838. The van der Waals surface area contributed by atoms with Crippen molar-refractivity contribution in [3.05, 3.63) is 35.4 Å². The number of aryl methyl sites for hydroxylation is 2. The van der Waals surface area contributed by atoms with E-state index in [4.69, 9.17) is 0 Å². The van der Waals surface area contributed by atoms with E-state index in [1.54, 1.807) is 7.05 Å². The average molecular weight is 216 g/mol. The minimum Gasteiger partial charge on any atom is -0.493 e. The van der Waals surface area contributed by atoms with Crippen LogP contribution in [0, 0.1) is 6.92 Å². The van der Waals surface area contributed by atoms with Gasteiger partial charge in [0.05, 0.1) is 5.69 Å².